The lowest BCUT2D eigenvalue weighted by Crippen LogP contribution is -2.26. The molecule has 2 aromatic rings. The van der Waals surface area contributed by atoms with Crippen molar-refractivity contribution in [3.05, 3.63) is 54.4 Å². The summed E-state index contributed by atoms with van der Waals surface area (Å²) in [5.41, 5.74) is 0.871. The van der Waals surface area contributed by atoms with Crippen molar-refractivity contribution in [2.24, 2.45) is 23.7 Å². The Kier molecular flexibility index (Phi) is 9.48. The highest BCUT2D eigenvalue weighted by Gasteiger charge is 2.30. The van der Waals surface area contributed by atoms with E-state index in [1.54, 1.807) is 6.08 Å². The first-order chi connectivity index (χ1) is 16.7. The molecule has 34 heavy (non-hydrogen) atoms. The minimum absolute atomic E-state index is 0.0443. The quantitative estimate of drug-likeness (QED) is 0.237. The number of rotatable bonds is 11. The predicted molar refractivity (Wildman–Crippen MR) is 143 cm³/mol. The zero-order valence-corrected chi connectivity index (χ0v) is 21.4. The third-order valence-electron chi connectivity index (χ3n) is 8.86. The average Bonchev–Trinajstić information content (AvgIpc) is 2.88. The third-order valence-corrected chi connectivity index (χ3v) is 8.86. The lowest BCUT2D eigenvalue weighted by atomic mass is 9.68. The summed E-state index contributed by atoms with van der Waals surface area (Å²) in [7, 11) is 0. The molecule has 2 fully saturated rings. The molecule has 2 heteroatoms. The van der Waals surface area contributed by atoms with Crippen LogP contribution in [0.15, 0.2) is 43.0 Å². The molecule has 0 radical (unpaired) electrons. The van der Waals surface area contributed by atoms with E-state index in [-0.39, 0.29) is 5.82 Å². The van der Waals surface area contributed by atoms with Crippen LogP contribution in [0.5, 0.6) is 5.75 Å². The molecule has 0 N–H and O–H groups in total. The Hall–Kier alpha value is -1.83. The van der Waals surface area contributed by atoms with Crippen LogP contribution in [-0.2, 0) is 6.42 Å². The van der Waals surface area contributed by atoms with Crippen LogP contribution in [0.1, 0.15) is 96.0 Å². The van der Waals surface area contributed by atoms with Crippen molar-refractivity contribution in [2.75, 3.05) is 6.61 Å². The first-order valence-corrected chi connectivity index (χ1v) is 14.1. The van der Waals surface area contributed by atoms with E-state index in [0.29, 0.717) is 12.0 Å². The van der Waals surface area contributed by atoms with Crippen LogP contribution < -0.4 is 4.74 Å². The maximum absolute atomic E-state index is 15.2. The van der Waals surface area contributed by atoms with E-state index in [9.17, 15) is 0 Å². The number of unbranched alkanes of at least 4 members (excludes halogenated alkanes) is 2. The van der Waals surface area contributed by atoms with Crippen LogP contribution in [0.25, 0.3) is 10.8 Å². The first-order valence-electron chi connectivity index (χ1n) is 14.1. The van der Waals surface area contributed by atoms with Gasteiger partial charge in [0.15, 0.2) is 0 Å². The van der Waals surface area contributed by atoms with Crippen molar-refractivity contribution in [3.63, 3.8) is 0 Å². The van der Waals surface area contributed by atoms with E-state index in [4.69, 9.17) is 4.74 Å². The second-order valence-corrected chi connectivity index (χ2v) is 11.1. The first kappa shape index (κ1) is 25.3. The largest absolute Gasteiger partial charge is 0.490 e. The summed E-state index contributed by atoms with van der Waals surface area (Å²) in [5, 5.41) is 1.61. The number of hydrogen-bond acceptors (Lipinski definition) is 1. The fourth-order valence-corrected chi connectivity index (χ4v) is 6.69. The van der Waals surface area contributed by atoms with Crippen molar-refractivity contribution in [1.29, 1.82) is 0 Å². The second-order valence-electron chi connectivity index (χ2n) is 11.1. The smallest absolute Gasteiger partial charge is 0.134 e. The van der Waals surface area contributed by atoms with Crippen LogP contribution in [0.3, 0.4) is 0 Å². The maximum atomic E-state index is 15.2. The summed E-state index contributed by atoms with van der Waals surface area (Å²) in [6.07, 6.45) is 20.8. The fourth-order valence-electron chi connectivity index (χ4n) is 6.69. The summed E-state index contributed by atoms with van der Waals surface area (Å²) < 4.78 is 20.8. The Bertz CT molecular complexity index is 903. The summed E-state index contributed by atoms with van der Waals surface area (Å²) in [4.78, 5) is 0. The Morgan fingerprint density at radius 1 is 0.882 bits per heavy atom. The van der Waals surface area contributed by atoms with Crippen LogP contribution in [0, 0.1) is 29.5 Å². The van der Waals surface area contributed by atoms with Gasteiger partial charge in [-0.3, -0.25) is 0 Å². The van der Waals surface area contributed by atoms with E-state index < -0.39 is 0 Å². The molecule has 0 heterocycles. The van der Waals surface area contributed by atoms with Crippen LogP contribution >= 0.6 is 0 Å². The molecule has 0 bridgehead atoms. The molecule has 2 saturated carbocycles. The molecule has 0 unspecified atom stereocenters. The van der Waals surface area contributed by atoms with Gasteiger partial charge in [0, 0.05) is 5.39 Å². The molecule has 0 spiro atoms. The molecular weight excluding hydrogens is 419 g/mol. The molecule has 0 atom stereocenters. The number of benzene rings is 2. The third kappa shape index (κ3) is 6.64. The van der Waals surface area contributed by atoms with Crippen LogP contribution in [0.4, 0.5) is 4.39 Å². The van der Waals surface area contributed by atoms with E-state index >= 15 is 4.39 Å². The van der Waals surface area contributed by atoms with Gasteiger partial charge in [-0.25, -0.2) is 4.39 Å². The molecular formula is C32H45FO. The van der Waals surface area contributed by atoms with Gasteiger partial charge in [-0.1, -0.05) is 83.1 Å². The van der Waals surface area contributed by atoms with Crippen molar-refractivity contribution in [3.8, 4) is 5.75 Å². The second kappa shape index (κ2) is 12.8. The van der Waals surface area contributed by atoms with Gasteiger partial charge in [0.2, 0.25) is 0 Å². The maximum Gasteiger partial charge on any atom is 0.134 e. The molecule has 2 aliphatic carbocycles. The monoisotopic (exact) mass is 464 g/mol. The highest BCUT2D eigenvalue weighted by Crippen LogP contribution is 2.43. The van der Waals surface area contributed by atoms with Gasteiger partial charge in [-0.15, -0.1) is 0 Å². The lowest BCUT2D eigenvalue weighted by Gasteiger charge is -2.38. The zero-order valence-electron chi connectivity index (χ0n) is 21.4. The van der Waals surface area contributed by atoms with E-state index in [1.807, 2.05) is 30.3 Å². The number of aryl methyl sites for hydroxylation is 1. The number of halogens is 1. The van der Waals surface area contributed by atoms with Crippen LogP contribution in [0.2, 0.25) is 0 Å². The normalized spacial score (nSPS) is 25.4. The zero-order chi connectivity index (χ0) is 23.8. The van der Waals surface area contributed by atoms with Gasteiger partial charge >= 0.3 is 0 Å². The molecule has 1 nitrogen and oxygen atoms in total. The number of fused-ring (bicyclic) bond motifs is 1. The minimum Gasteiger partial charge on any atom is -0.490 e. The van der Waals surface area contributed by atoms with Crippen LogP contribution in [-0.4, -0.2) is 6.61 Å². The average molecular weight is 465 g/mol. The Balaban J connectivity index is 1.22. The SMILES string of the molecule is C=CCOc1ccc2c(F)c(CCC3CCC(C4CCC(CCCCC)CC4)CC3)ccc2c1. The Morgan fingerprint density at radius 2 is 1.56 bits per heavy atom. The molecule has 0 aromatic heterocycles. The molecule has 186 valence electrons. The van der Waals surface area contributed by atoms with Gasteiger partial charge in [-0.05, 0) is 91.3 Å². The van der Waals surface area contributed by atoms with Gasteiger partial charge in [0.25, 0.3) is 0 Å². The van der Waals surface area contributed by atoms with Gasteiger partial charge in [-0.2, -0.15) is 0 Å². The van der Waals surface area contributed by atoms with Crippen molar-refractivity contribution in [1.82, 2.24) is 0 Å². The van der Waals surface area contributed by atoms with E-state index in [0.717, 1.165) is 53.2 Å². The number of ether oxygens (including phenoxy) is 1. The highest BCUT2D eigenvalue weighted by molar-refractivity contribution is 5.85. The Labute approximate surface area is 207 Å². The molecule has 4 rings (SSSR count). The number of hydrogen-bond donors (Lipinski definition) is 0. The molecule has 0 aliphatic heterocycles. The van der Waals surface area contributed by atoms with Gasteiger partial charge < -0.3 is 4.74 Å². The van der Waals surface area contributed by atoms with Gasteiger partial charge in [0.05, 0.1) is 0 Å². The van der Waals surface area contributed by atoms with Crippen molar-refractivity contribution in [2.45, 2.75) is 96.8 Å². The highest BCUT2D eigenvalue weighted by atomic mass is 19.1. The van der Waals surface area contributed by atoms with Gasteiger partial charge in [0.1, 0.15) is 18.2 Å². The lowest BCUT2D eigenvalue weighted by molar-refractivity contribution is 0.140. The molecule has 0 amide bonds. The molecule has 2 aliphatic rings. The topological polar surface area (TPSA) is 9.23 Å². The Morgan fingerprint density at radius 3 is 2.21 bits per heavy atom. The minimum atomic E-state index is -0.0443. The summed E-state index contributed by atoms with van der Waals surface area (Å²) in [5.74, 6) is 4.46. The van der Waals surface area contributed by atoms with Crippen molar-refractivity contribution < 1.29 is 9.13 Å². The molecule has 2 aromatic carbocycles. The summed E-state index contributed by atoms with van der Waals surface area (Å²) >= 11 is 0. The fraction of sp³-hybridized carbons (Fsp3) is 0.625. The standard InChI is InChI=1S/C32H45FO/c1-3-5-6-7-24-8-13-26(14-9-24)27-15-10-25(11-16-27)12-17-28-18-19-29-23-30(34-22-4-2)20-21-31(29)32(28)33/h4,18-21,23-27H,2-3,5-17,22H2,1H3. The van der Waals surface area contributed by atoms with Crippen molar-refractivity contribution >= 4 is 10.8 Å². The summed E-state index contributed by atoms with van der Waals surface area (Å²) in [6, 6.07) is 9.67. The predicted octanol–water partition coefficient (Wildman–Crippen LogP) is 9.67. The molecule has 0 saturated heterocycles. The van der Waals surface area contributed by atoms with E-state index in [1.165, 1.54) is 77.0 Å². The summed E-state index contributed by atoms with van der Waals surface area (Å²) in [6.45, 7) is 6.45. The van der Waals surface area contributed by atoms with E-state index in [2.05, 4.69) is 13.5 Å².